The number of fused-ring (bicyclic) bond motifs is 1. The Morgan fingerprint density at radius 1 is 1.10 bits per heavy atom. The van der Waals surface area contributed by atoms with Crippen molar-refractivity contribution in [1.82, 2.24) is 24.5 Å². The fraction of sp³-hybridized carbons (Fsp3) is 0.105. The van der Waals surface area contributed by atoms with Gasteiger partial charge in [-0.25, -0.2) is 19.9 Å². The number of halogens is 2. The molecule has 0 fully saturated rings. The van der Waals surface area contributed by atoms with Crippen molar-refractivity contribution in [2.75, 3.05) is 12.4 Å². The summed E-state index contributed by atoms with van der Waals surface area (Å²) in [6, 6.07) is 6.92. The molecule has 4 rings (SSSR count). The minimum atomic E-state index is -0.208. The number of hydrogen-bond donors (Lipinski definition) is 1. The van der Waals surface area contributed by atoms with Gasteiger partial charge in [-0.05, 0) is 18.2 Å². The van der Waals surface area contributed by atoms with Crippen LogP contribution in [0.25, 0.3) is 22.3 Å². The van der Waals surface area contributed by atoms with Crippen molar-refractivity contribution >= 4 is 40.2 Å². The Hall–Kier alpha value is -3.23. The molecule has 0 saturated heterocycles. The first kappa shape index (κ1) is 19.1. The van der Waals surface area contributed by atoms with Crippen LogP contribution in [0.5, 0.6) is 11.5 Å². The van der Waals surface area contributed by atoms with Gasteiger partial charge in [0.25, 0.3) is 5.56 Å². The second-order valence-electron chi connectivity index (χ2n) is 6.04. The molecule has 0 aliphatic carbocycles. The van der Waals surface area contributed by atoms with E-state index >= 15 is 0 Å². The van der Waals surface area contributed by atoms with Crippen molar-refractivity contribution < 1.29 is 4.74 Å². The highest BCUT2D eigenvalue weighted by atomic mass is 35.5. The highest BCUT2D eigenvalue weighted by molar-refractivity contribution is 6.42. The van der Waals surface area contributed by atoms with E-state index in [1.54, 1.807) is 32.3 Å². The number of pyridine rings is 3. The fourth-order valence-electron chi connectivity index (χ4n) is 2.76. The number of anilines is 1. The molecular weight excluding hydrogens is 415 g/mol. The van der Waals surface area contributed by atoms with Crippen LogP contribution in [0.4, 0.5) is 5.95 Å². The summed E-state index contributed by atoms with van der Waals surface area (Å²) in [4.78, 5) is 29.5. The second-order valence-corrected chi connectivity index (χ2v) is 6.78. The van der Waals surface area contributed by atoms with Crippen LogP contribution >= 0.6 is 23.2 Å². The van der Waals surface area contributed by atoms with Crippen LogP contribution in [-0.2, 0) is 7.05 Å². The summed E-state index contributed by atoms with van der Waals surface area (Å²) < 4.78 is 7.18. The van der Waals surface area contributed by atoms with Gasteiger partial charge in [0.1, 0.15) is 10.8 Å². The van der Waals surface area contributed by atoms with Crippen molar-refractivity contribution in [3.8, 4) is 22.8 Å². The van der Waals surface area contributed by atoms with Gasteiger partial charge in [0, 0.05) is 37.9 Å². The summed E-state index contributed by atoms with van der Waals surface area (Å²) in [5.74, 6) is 1.30. The van der Waals surface area contributed by atoms with E-state index in [4.69, 9.17) is 27.9 Å². The molecule has 0 atom stereocenters. The number of ether oxygens (including phenoxy) is 1. The topological polar surface area (TPSA) is 94.8 Å². The van der Waals surface area contributed by atoms with E-state index in [0.717, 1.165) is 5.39 Å². The number of rotatable bonds is 4. The summed E-state index contributed by atoms with van der Waals surface area (Å²) in [5, 5.41) is 3.97. The van der Waals surface area contributed by atoms with Gasteiger partial charge in [0.2, 0.25) is 5.95 Å². The molecule has 8 nitrogen and oxygen atoms in total. The Labute approximate surface area is 175 Å². The van der Waals surface area contributed by atoms with Gasteiger partial charge < -0.3 is 10.1 Å². The molecule has 29 heavy (non-hydrogen) atoms. The van der Waals surface area contributed by atoms with Crippen LogP contribution < -0.4 is 15.6 Å². The van der Waals surface area contributed by atoms with E-state index in [9.17, 15) is 4.79 Å². The maximum atomic E-state index is 12.6. The predicted octanol–water partition coefficient (Wildman–Crippen LogP) is 3.93. The lowest BCUT2D eigenvalue weighted by atomic mass is 10.2. The Balaban J connectivity index is 1.70. The number of nitrogens with one attached hydrogen (secondary N) is 1. The van der Waals surface area contributed by atoms with Crippen molar-refractivity contribution in [2.45, 2.75) is 0 Å². The van der Waals surface area contributed by atoms with Crippen LogP contribution in [0, 0.1) is 0 Å². The Morgan fingerprint density at radius 3 is 2.72 bits per heavy atom. The maximum Gasteiger partial charge on any atom is 0.264 e. The maximum absolute atomic E-state index is 12.6. The normalized spacial score (nSPS) is 10.9. The molecule has 0 aromatic carbocycles. The molecule has 0 spiro atoms. The third kappa shape index (κ3) is 3.59. The van der Waals surface area contributed by atoms with Gasteiger partial charge in [-0.3, -0.25) is 9.36 Å². The van der Waals surface area contributed by atoms with Gasteiger partial charge in [-0.2, -0.15) is 0 Å². The van der Waals surface area contributed by atoms with Gasteiger partial charge in [-0.15, -0.1) is 0 Å². The van der Waals surface area contributed by atoms with Gasteiger partial charge in [-0.1, -0.05) is 23.2 Å². The summed E-state index contributed by atoms with van der Waals surface area (Å²) in [7, 11) is 3.34. The summed E-state index contributed by atoms with van der Waals surface area (Å²) in [5.41, 5.74) is 1.13. The standard InChI is InChI=1S/C19H14Cl2N6O2/c1-22-19-25-9-12(18(28)27(19)2)13-4-3-10-7-11(8-24-17(10)26-13)29-14-5-6-23-16(21)15(14)20/h3-9H,1-2H3,(H,22,25). The zero-order chi connectivity index (χ0) is 20.5. The molecule has 0 radical (unpaired) electrons. The van der Waals surface area contributed by atoms with Crippen LogP contribution in [0.15, 0.2) is 47.7 Å². The first-order valence-electron chi connectivity index (χ1n) is 8.46. The quantitative estimate of drug-likeness (QED) is 0.492. The lowest BCUT2D eigenvalue weighted by Crippen LogP contribution is -2.22. The minimum absolute atomic E-state index is 0.156. The van der Waals surface area contributed by atoms with Crippen LogP contribution in [0.1, 0.15) is 0 Å². The Kier molecular flexibility index (Phi) is 5.04. The van der Waals surface area contributed by atoms with Gasteiger partial charge >= 0.3 is 0 Å². The molecule has 1 N–H and O–H groups in total. The first-order valence-corrected chi connectivity index (χ1v) is 9.22. The van der Waals surface area contributed by atoms with E-state index in [1.807, 2.05) is 6.07 Å². The second kappa shape index (κ2) is 7.65. The SMILES string of the molecule is CNc1ncc(-c2ccc3cc(Oc4ccnc(Cl)c4Cl)cnc3n2)c(=O)n1C. The average Bonchev–Trinajstić information content (AvgIpc) is 2.73. The van der Waals surface area contributed by atoms with Gasteiger partial charge in [0.15, 0.2) is 16.5 Å². The van der Waals surface area contributed by atoms with Gasteiger partial charge in [0.05, 0.1) is 17.5 Å². The first-order chi connectivity index (χ1) is 14.0. The van der Waals surface area contributed by atoms with E-state index in [1.165, 1.54) is 23.2 Å². The number of aromatic nitrogens is 5. The zero-order valence-corrected chi connectivity index (χ0v) is 16.9. The van der Waals surface area contributed by atoms with Crippen molar-refractivity contribution in [3.63, 3.8) is 0 Å². The summed E-state index contributed by atoms with van der Waals surface area (Å²) in [6.45, 7) is 0. The molecule has 0 saturated carbocycles. The van der Waals surface area contributed by atoms with Crippen molar-refractivity contribution in [3.05, 3.63) is 63.4 Å². The average molecular weight is 429 g/mol. The molecule has 0 aliphatic rings. The Morgan fingerprint density at radius 2 is 1.93 bits per heavy atom. The highest BCUT2D eigenvalue weighted by Gasteiger charge is 2.12. The number of hydrogen-bond acceptors (Lipinski definition) is 7. The molecule has 4 heterocycles. The molecule has 0 unspecified atom stereocenters. The van der Waals surface area contributed by atoms with E-state index in [2.05, 4.69) is 25.3 Å². The smallest absolute Gasteiger partial charge is 0.264 e. The molecule has 4 aromatic rings. The molecule has 0 bridgehead atoms. The summed E-state index contributed by atoms with van der Waals surface area (Å²) >= 11 is 12.0. The van der Waals surface area contributed by atoms with Crippen molar-refractivity contribution in [2.24, 2.45) is 7.05 Å². The van der Waals surface area contributed by atoms with Crippen LogP contribution in [0.3, 0.4) is 0 Å². The monoisotopic (exact) mass is 428 g/mol. The summed E-state index contributed by atoms with van der Waals surface area (Å²) in [6.07, 6.45) is 4.51. The molecular formula is C19H14Cl2N6O2. The predicted molar refractivity (Wildman–Crippen MR) is 112 cm³/mol. The van der Waals surface area contributed by atoms with Crippen molar-refractivity contribution in [1.29, 1.82) is 0 Å². The van der Waals surface area contributed by atoms with E-state index < -0.39 is 0 Å². The molecule has 4 aromatic heterocycles. The fourth-order valence-corrected chi connectivity index (χ4v) is 3.06. The zero-order valence-electron chi connectivity index (χ0n) is 15.3. The van der Waals surface area contributed by atoms with Crippen LogP contribution in [-0.4, -0.2) is 31.6 Å². The Bertz CT molecular complexity index is 1290. The molecule has 0 aliphatic heterocycles. The molecule has 10 heteroatoms. The van der Waals surface area contributed by atoms with E-state index in [0.29, 0.717) is 34.4 Å². The molecule has 146 valence electrons. The highest BCUT2D eigenvalue weighted by Crippen LogP contribution is 2.33. The lowest BCUT2D eigenvalue weighted by Gasteiger charge is -2.10. The van der Waals surface area contributed by atoms with Crippen LogP contribution in [0.2, 0.25) is 10.2 Å². The third-order valence-corrected chi connectivity index (χ3v) is 4.97. The number of nitrogens with zero attached hydrogens (tertiary/aromatic N) is 5. The van der Waals surface area contributed by atoms with E-state index in [-0.39, 0.29) is 15.7 Å². The minimum Gasteiger partial charge on any atom is -0.454 e. The third-order valence-electron chi connectivity index (χ3n) is 4.22. The largest absolute Gasteiger partial charge is 0.454 e. The lowest BCUT2D eigenvalue weighted by molar-refractivity contribution is 0.481. The molecule has 0 amide bonds.